The van der Waals surface area contributed by atoms with Gasteiger partial charge in [0.25, 0.3) is 0 Å². The SMILES string of the molecule is CC(C)(C)[C@@H](NC(=O)C1CC(=O)NC(C2CC2)N1)c1ccc(OC(F)F)cc1. The van der Waals surface area contributed by atoms with Gasteiger partial charge in [-0.05, 0) is 41.9 Å². The molecule has 0 aromatic heterocycles. The average molecular weight is 395 g/mol. The highest BCUT2D eigenvalue weighted by atomic mass is 19.3. The van der Waals surface area contributed by atoms with Gasteiger partial charge in [-0.3, -0.25) is 14.9 Å². The van der Waals surface area contributed by atoms with Gasteiger partial charge in [0.2, 0.25) is 11.8 Å². The number of carbonyl (C=O) groups is 2. The summed E-state index contributed by atoms with van der Waals surface area (Å²) >= 11 is 0. The number of ether oxygens (including phenoxy) is 1. The molecule has 1 aliphatic heterocycles. The van der Waals surface area contributed by atoms with Crippen LogP contribution in [0.25, 0.3) is 0 Å². The van der Waals surface area contributed by atoms with Crippen LogP contribution in [-0.2, 0) is 9.59 Å². The first-order valence-electron chi connectivity index (χ1n) is 9.54. The molecule has 1 heterocycles. The molecule has 1 aromatic rings. The number of carbonyl (C=O) groups excluding carboxylic acids is 2. The highest BCUT2D eigenvalue weighted by Gasteiger charge is 2.40. The molecular weight excluding hydrogens is 368 g/mol. The Balaban J connectivity index is 1.71. The number of halogens is 2. The van der Waals surface area contributed by atoms with Crippen molar-refractivity contribution >= 4 is 11.8 Å². The van der Waals surface area contributed by atoms with Crippen LogP contribution in [0.5, 0.6) is 5.75 Å². The summed E-state index contributed by atoms with van der Waals surface area (Å²) in [5.41, 5.74) is 0.453. The van der Waals surface area contributed by atoms with Crippen molar-refractivity contribution in [1.29, 1.82) is 0 Å². The van der Waals surface area contributed by atoms with Gasteiger partial charge in [-0.15, -0.1) is 0 Å². The van der Waals surface area contributed by atoms with Crippen LogP contribution >= 0.6 is 0 Å². The molecule has 0 spiro atoms. The van der Waals surface area contributed by atoms with Gasteiger partial charge in [-0.2, -0.15) is 8.78 Å². The number of hydrogen-bond acceptors (Lipinski definition) is 4. The van der Waals surface area contributed by atoms with Crippen molar-refractivity contribution < 1.29 is 23.1 Å². The van der Waals surface area contributed by atoms with Crippen molar-refractivity contribution in [2.24, 2.45) is 11.3 Å². The Labute approximate surface area is 163 Å². The van der Waals surface area contributed by atoms with E-state index in [0.29, 0.717) is 5.92 Å². The lowest BCUT2D eigenvalue weighted by Gasteiger charge is -2.36. The third-order valence-corrected chi connectivity index (χ3v) is 5.09. The Morgan fingerprint density at radius 3 is 2.39 bits per heavy atom. The zero-order valence-corrected chi connectivity index (χ0v) is 16.3. The fourth-order valence-corrected chi connectivity index (χ4v) is 3.47. The lowest BCUT2D eigenvalue weighted by molar-refractivity contribution is -0.132. The summed E-state index contributed by atoms with van der Waals surface area (Å²) in [6, 6.07) is 5.31. The summed E-state index contributed by atoms with van der Waals surface area (Å²) in [5.74, 6) is 0.0842. The zero-order valence-electron chi connectivity index (χ0n) is 16.3. The van der Waals surface area contributed by atoms with Gasteiger partial charge < -0.3 is 15.4 Å². The number of benzene rings is 1. The molecule has 1 aliphatic carbocycles. The molecule has 0 bridgehead atoms. The van der Waals surface area contributed by atoms with Crippen molar-refractivity contribution in [2.45, 2.75) is 64.9 Å². The molecule has 0 radical (unpaired) electrons. The van der Waals surface area contributed by atoms with E-state index < -0.39 is 12.7 Å². The van der Waals surface area contributed by atoms with E-state index in [-0.39, 0.29) is 41.6 Å². The molecule has 1 saturated heterocycles. The van der Waals surface area contributed by atoms with Gasteiger partial charge >= 0.3 is 6.61 Å². The van der Waals surface area contributed by atoms with Crippen LogP contribution in [0.2, 0.25) is 0 Å². The molecule has 1 saturated carbocycles. The first-order chi connectivity index (χ1) is 13.1. The maximum Gasteiger partial charge on any atom is 0.387 e. The Bertz CT molecular complexity index is 714. The molecule has 3 rings (SSSR count). The first-order valence-corrected chi connectivity index (χ1v) is 9.54. The van der Waals surface area contributed by atoms with Crippen molar-refractivity contribution in [3.63, 3.8) is 0 Å². The molecule has 2 amide bonds. The summed E-state index contributed by atoms with van der Waals surface area (Å²) in [6.45, 7) is 3.06. The molecule has 6 nitrogen and oxygen atoms in total. The third-order valence-electron chi connectivity index (χ3n) is 5.09. The summed E-state index contributed by atoms with van der Waals surface area (Å²) in [4.78, 5) is 24.9. The second-order valence-electron chi connectivity index (χ2n) is 8.56. The van der Waals surface area contributed by atoms with Crippen LogP contribution in [0.15, 0.2) is 24.3 Å². The highest BCUT2D eigenvalue weighted by molar-refractivity contribution is 5.89. The van der Waals surface area contributed by atoms with Gasteiger partial charge in [0, 0.05) is 0 Å². The lowest BCUT2D eigenvalue weighted by atomic mass is 9.82. The summed E-state index contributed by atoms with van der Waals surface area (Å²) < 4.78 is 29.1. The van der Waals surface area contributed by atoms with E-state index in [9.17, 15) is 18.4 Å². The maximum absolute atomic E-state index is 12.9. The monoisotopic (exact) mass is 395 g/mol. The molecule has 28 heavy (non-hydrogen) atoms. The normalized spacial score (nSPS) is 23.9. The van der Waals surface area contributed by atoms with E-state index in [1.165, 1.54) is 12.1 Å². The Morgan fingerprint density at radius 2 is 1.86 bits per heavy atom. The standard InChI is InChI=1S/C20H27F2N3O3/c1-20(2,3)16(11-6-8-13(9-7-11)28-19(21)22)25-18(27)14-10-15(26)24-17(23-14)12-4-5-12/h6-9,12,14,16-17,19,23H,4-5,10H2,1-3H3,(H,24,26)(H,25,27)/t14?,16-,17?/m0/s1. The summed E-state index contributed by atoms with van der Waals surface area (Å²) in [7, 11) is 0. The average Bonchev–Trinajstić information content (AvgIpc) is 3.43. The first kappa shape index (κ1) is 20.5. The minimum atomic E-state index is -2.88. The van der Waals surface area contributed by atoms with Crippen LogP contribution in [0.1, 0.15) is 51.6 Å². The molecule has 1 aromatic carbocycles. The van der Waals surface area contributed by atoms with Gasteiger partial charge in [0.15, 0.2) is 0 Å². The Morgan fingerprint density at radius 1 is 1.21 bits per heavy atom. The predicted octanol–water partition coefficient (Wildman–Crippen LogP) is 2.71. The number of amides is 2. The second-order valence-corrected chi connectivity index (χ2v) is 8.56. The smallest absolute Gasteiger partial charge is 0.387 e. The Hall–Kier alpha value is -2.22. The topological polar surface area (TPSA) is 79.5 Å². The fourth-order valence-electron chi connectivity index (χ4n) is 3.47. The van der Waals surface area contributed by atoms with E-state index in [0.717, 1.165) is 18.4 Å². The third kappa shape index (κ3) is 5.19. The van der Waals surface area contributed by atoms with Crippen LogP contribution in [0.4, 0.5) is 8.78 Å². The van der Waals surface area contributed by atoms with E-state index >= 15 is 0 Å². The van der Waals surface area contributed by atoms with Gasteiger partial charge in [0.05, 0.1) is 24.7 Å². The van der Waals surface area contributed by atoms with E-state index in [1.54, 1.807) is 12.1 Å². The van der Waals surface area contributed by atoms with Gasteiger partial charge in [0.1, 0.15) is 5.75 Å². The summed E-state index contributed by atoms with van der Waals surface area (Å²) in [6.07, 6.45) is 2.02. The number of hydrogen-bond donors (Lipinski definition) is 3. The maximum atomic E-state index is 12.9. The molecule has 2 unspecified atom stereocenters. The van der Waals surface area contributed by atoms with Crippen LogP contribution < -0.4 is 20.7 Å². The molecule has 3 N–H and O–H groups in total. The van der Waals surface area contributed by atoms with Crippen molar-refractivity contribution in [3.05, 3.63) is 29.8 Å². The van der Waals surface area contributed by atoms with Gasteiger partial charge in [-0.25, -0.2) is 0 Å². The summed E-state index contributed by atoms with van der Waals surface area (Å²) in [5, 5.41) is 9.17. The number of nitrogens with one attached hydrogen (secondary N) is 3. The molecule has 2 fully saturated rings. The van der Waals surface area contributed by atoms with Crippen molar-refractivity contribution in [1.82, 2.24) is 16.0 Å². The molecule has 3 atom stereocenters. The fraction of sp³-hybridized carbons (Fsp3) is 0.600. The Kier molecular flexibility index (Phi) is 5.88. The second kappa shape index (κ2) is 8.03. The minimum absolute atomic E-state index is 0.0654. The highest BCUT2D eigenvalue weighted by Crippen LogP contribution is 2.35. The zero-order chi connectivity index (χ0) is 20.5. The van der Waals surface area contributed by atoms with Crippen molar-refractivity contribution in [2.75, 3.05) is 0 Å². The van der Waals surface area contributed by atoms with Gasteiger partial charge in [-0.1, -0.05) is 32.9 Å². The predicted molar refractivity (Wildman–Crippen MR) is 99.6 cm³/mol. The number of rotatable bonds is 6. The quantitative estimate of drug-likeness (QED) is 0.692. The molecule has 154 valence electrons. The number of alkyl halides is 2. The van der Waals surface area contributed by atoms with Crippen LogP contribution in [0.3, 0.4) is 0 Å². The van der Waals surface area contributed by atoms with Crippen LogP contribution in [-0.4, -0.2) is 30.6 Å². The molecular formula is C20H27F2N3O3. The van der Waals surface area contributed by atoms with Crippen molar-refractivity contribution in [3.8, 4) is 5.75 Å². The van der Waals surface area contributed by atoms with Crippen LogP contribution in [0, 0.1) is 11.3 Å². The largest absolute Gasteiger partial charge is 0.435 e. The van der Waals surface area contributed by atoms with E-state index in [4.69, 9.17) is 0 Å². The molecule has 8 heteroatoms. The lowest BCUT2D eigenvalue weighted by Crippen LogP contribution is -2.62. The van der Waals surface area contributed by atoms with E-state index in [2.05, 4.69) is 20.7 Å². The minimum Gasteiger partial charge on any atom is -0.435 e. The molecule has 2 aliphatic rings. The van der Waals surface area contributed by atoms with E-state index in [1.807, 2.05) is 20.8 Å².